The van der Waals surface area contributed by atoms with Crippen molar-refractivity contribution in [1.82, 2.24) is 0 Å². The number of aryl methyl sites for hydroxylation is 4. The molecule has 0 spiro atoms. The molecule has 5 rings (SSSR count). The maximum absolute atomic E-state index is 13.5. The first kappa shape index (κ1) is 40.6. The molecule has 286 valence electrons. The molecule has 4 atom stereocenters. The lowest BCUT2D eigenvalue weighted by Crippen LogP contribution is -2.49. The van der Waals surface area contributed by atoms with Crippen molar-refractivity contribution in [3.05, 3.63) is 119 Å². The Labute approximate surface area is 310 Å². The molecule has 0 aromatic heterocycles. The van der Waals surface area contributed by atoms with E-state index in [1.807, 2.05) is 0 Å². The number of hydrogen-bond donors (Lipinski definition) is 0. The van der Waals surface area contributed by atoms with Crippen LogP contribution in [0.1, 0.15) is 22.3 Å². The van der Waals surface area contributed by atoms with Crippen LogP contribution in [0.2, 0.25) is 0 Å². The predicted molar refractivity (Wildman–Crippen MR) is 190 cm³/mol. The van der Waals surface area contributed by atoms with Gasteiger partial charge in [0.25, 0.3) is 40.5 Å². The fraction of sp³-hybridized carbons (Fsp3) is 0.314. The second-order valence-electron chi connectivity index (χ2n) is 12.3. The summed E-state index contributed by atoms with van der Waals surface area (Å²) < 4.78 is 140. The van der Waals surface area contributed by atoms with E-state index in [2.05, 4.69) is 0 Å². The van der Waals surface area contributed by atoms with Crippen LogP contribution in [0.3, 0.4) is 0 Å². The molecule has 0 unspecified atom stereocenters. The third kappa shape index (κ3) is 10.4. The van der Waals surface area contributed by atoms with Gasteiger partial charge in [-0.3, -0.25) is 16.7 Å². The molecule has 0 amide bonds. The predicted octanol–water partition coefficient (Wildman–Crippen LogP) is 4.32. The molecule has 1 fully saturated rings. The van der Waals surface area contributed by atoms with Crippen LogP contribution in [0.5, 0.6) is 0 Å². The summed E-state index contributed by atoms with van der Waals surface area (Å²) in [6.07, 6.45) is -6.88. The van der Waals surface area contributed by atoms with Gasteiger partial charge in [-0.05, 0) is 76.2 Å². The van der Waals surface area contributed by atoms with Crippen LogP contribution in [0.4, 0.5) is 0 Å². The van der Waals surface area contributed by atoms with Gasteiger partial charge < -0.3 is 9.47 Å². The zero-order valence-electron chi connectivity index (χ0n) is 29.0. The molecule has 0 aliphatic carbocycles. The van der Waals surface area contributed by atoms with Crippen LogP contribution in [-0.4, -0.2) is 78.1 Å². The molecule has 1 aliphatic heterocycles. The third-order valence-electron chi connectivity index (χ3n) is 8.09. The van der Waals surface area contributed by atoms with Gasteiger partial charge in [-0.2, -0.15) is 33.7 Å². The van der Waals surface area contributed by atoms with Crippen LogP contribution in [0.25, 0.3) is 0 Å². The van der Waals surface area contributed by atoms with Gasteiger partial charge in [-0.25, -0.2) is 0 Å². The topological polar surface area (TPSA) is 192 Å². The van der Waals surface area contributed by atoms with Crippen LogP contribution in [0, 0.1) is 27.7 Å². The number of hydrogen-bond acceptors (Lipinski definition) is 14. The lowest BCUT2D eigenvalue weighted by molar-refractivity contribution is -0.0368. The van der Waals surface area contributed by atoms with Gasteiger partial charge in [0.2, 0.25) is 0 Å². The molecule has 53 heavy (non-hydrogen) atoms. The molecule has 4 aromatic rings. The Kier molecular flexibility index (Phi) is 12.6. The van der Waals surface area contributed by atoms with Gasteiger partial charge in [-0.1, -0.05) is 70.8 Å². The maximum Gasteiger partial charge on any atom is 0.297 e. The zero-order chi connectivity index (χ0) is 38.6. The van der Waals surface area contributed by atoms with Crippen molar-refractivity contribution in [2.24, 2.45) is 0 Å². The molecule has 1 heterocycles. The summed E-state index contributed by atoms with van der Waals surface area (Å²) in [5.74, 6) is 0. The van der Waals surface area contributed by atoms with E-state index in [4.69, 9.17) is 26.2 Å². The number of benzene rings is 4. The Hall–Kier alpha value is -3.56. The van der Waals surface area contributed by atoms with Crippen LogP contribution in [-0.2, 0) is 66.7 Å². The second-order valence-corrected chi connectivity index (χ2v) is 18.7. The van der Waals surface area contributed by atoms with Gasteiger partial charge in [0.15, 0.2) is 0 Å². The standard InChI is InChI=1S/C35H38O14S4/c1-24-5-13-28(14-6-24)50(36,37)46-21-32(48-52(40,41)30-17-9-26(3)10-18-30)34-35(45-23-44-34)33(49-53(42,43)31-19-11-27(4)12-20-31)22-47-51(38,39)29-15-7-25(2)8-16-29/h5-20,32-35H,21-23H2,1-4H3/t32-,33+,34-,35-/m0/s1. The highest BCUT2D eigenvalue weighted by Crippen LogP contribution is 2.30. The fourth-order valence-corrected chi connectivity index (χ4v) is 9.06. The minimum absolute atomic E-state index is 0.233. The molecule has 1 aliphatic rings. The second kappa shape index (κ2) is 16.4. The fourth-order valence-electron chi connectivity index (χ4n) is 5.08. The Morgan fingerprint density at radius 1 is 0.453 bits per heavy atom. The summed E-state index contributed by atoms with van der Waals surface area (Å²) >= 11 is 0. The van der Waals surface area contributed by atoms with E-state index >= 15 is 0 Å². The van der Waals surface area contributed by atoms with Crippen LogP contribution in [0.15, 0.2) is 117 Å². The highest BCUT2D eigenvalue weighted by molar-refractivity contribution is 7.87. The molecule has 18 heteroatoms. The Balaban J connectivity index is 1.51. The minimum Gasteiger partial charge on any atom is -0.346 e. The van der Waals surface area contributed by atoms with E-state index in [0.29, 0.717) is 0 Å². The Morgan fingerprint density at radius 3 is 0.962 bits per heavy atom. The number of rotatable bonds is 16. The quantitative estimate of drug-likeness (QED) is 0.145. The molecule has 0 saturated carbocycles. The maximum atomic E-state index is 13.5. The Bertz CT molecular complexity index is 2140. The molecule has 0 bridgehead atoms. The summed E-state index contributed by atoms with van der Waals surface area (Å²) in [6.45, 7) is 4.47. The van der Waals surface area contributed by atoms with Crippen molar-refractivity contribution in [3.63, 3.8) is 0 Å². The van der Waals surface area contributed by atoms with Crippen molar-refractivity contribution in [3.8, 4) is 0 Å². The summed E-state index contributed by atoms with van der Waals surface area (Å²) in [7, 11) is -18.3. The first-order chi connectivity index (χ1) is 24.9. The van der Waals surface area contributed by atoms with Gasteiger partial charge in [0.1, 0.15) is 31.2 Å². The van der Waals surface area contributed by atoms with E-state index in [0.717, 1.165) is 22.3 Å². The first-order valence-corrected chi connectivity index (χ1v) is 21.6. The normalized spacial score (nSPS) is 18.1. The first-order valence-electron chi connectivity index (χ1n) is 16.0. The summed E-state index contributed by atoms with van der Waals surface area (Å²) in [6, 6.07) is 22.5. The van der Waals surface area contributed by atoms with Crippen molar-refractivity contribution in [2.75, 3.05) is 20.0 Å². The SMILES string of the molecule is Cc1ccc(S(=O)(=O)OC[C@H](OS(=O)(=O)c2ccc(C)cc2)[C@@H]2OCO[C@H]2[C@@H](COS(=O)(=O)c2ccc(C)cc2)OS(=O)(=O)c2ccc(C)cc2)cc1. The van der Waals surface area contributed by atoms with Crippen molar-refractivity contribution >= 4 is 40.5 Å². The van der Waals surface area contributed by atoms with Crippen molar-refractivity contribution in [2.45, 2.75) is 71.7 Å². The van der Waals surface area contributed by atoms with E-state index in [1.54, 1.807) is 27.7 Å². The van der Waals surface area contributed by atoms with Crippen LogP contribution < -0.4 is 0 Å². The van der Waals surface area contributed by atoms with Gasteiger partial charge in [-0.15, -0.1) is 0 Å². The number of ether oxygens (including phenoxy) is 2. The average Bonchev–Trinajstić information content (AvgIpc) is 3.59. The Morgan fingerprint density at radius 2 is 0.698 bits per heavy atom. The van der Waals surface area contributed by atoms with Crippen molar-refractivity contribution in [1.29, 1.82) is 0 Å². The molecule has 0 radical (unpaired) electrons. The zero-order valence-corrected chi connectivity index (χ0v) is 32.3. The third-order valence-corrected chi connectivity index (χ3v) is 13.4. The van der Waals surface area contributed by atoms with Gasteiger partial charge in [0.05, 0.1) is 32.8 Å². The molecule has 0 N–H and O–H groups in total. The largest absolute Gasteiger partial charge is 0.346 e. The monoisotopic (exact) mass is 810 g/mol. The van der Waals surface area contributed by atoms with E-state index in [9.17, 15) is 33.7 Å². The molecule has 4 aromatic carbocycles. The molecule has 14 nitrogen and oxygen atoms in total. The highest BCUT2D eigenvalue weighted by Gasteiger charge is 2.47. The van der Waals surface area contributed by atoms with Crippen molar-refractivity contribution < 1.29 is 59.9 Å². The summed E-state index contributed by atoms with van der Waals surface area (Å²) in [4.78, 5) is -1.04. The van der Waals surface area contributed by atoms with Gasteiger partial charge >= 0.3 is 0 Å². The summed E-state index contributed by atoms with van der Waals surface area (Å²) in [5.41, 5.74) is 3.03. The molecule has 1 saturated heterocycles. The smallest absolute Gasteiger partial charge is 0.297 e. The lowest BCUT2D eigenvalue weighted by atomic mass is 10.0. The van der Waals surface area contributed by atoms with Crippen LogP contribution >= 0.6 is 0 Å². The minimum atomic E-state index is -4.65. The summed E-state index contributed by atoms with van der Waals surface area (Å²) in [5, 5.41) is 0. The van der Waals surface area contributed by atoms with E-state index in [-0.39, 0.29) is 19.6 Å². The lowest BCUT2D eigenvalue weighted by Gasteiger charge is -2.30. The molecular formula is C35H38O14S4. The van der Waals surface area contributed by atoms with E-state index < -0.39 is 84.9 Å². The highest BCUT2D eigenvalue weighted by atomic mass is 32.2. The van der Waals surface area contributed by atoms with E-state index in [1.165, 1.54) is 97.1 Å². The molecular weight excluding hydrogens is 773 g/mol. The average molecular weight is 811 g/mol. The van der Waals surface area contributed by atoms with Gasteiger partial charge in [0, 0.05) is 0 Å².